The topological polar surface area (TPSA) is 57.7 Å². The first-order chi connectivity index (χ1) is 10.7. The molecule has 0 saturated heterocycles. The lowest BCUT2D eigenvalue weighted by Gasteiger charge is -2.09. The number of esters is 1. The molecule has 0 aliphatic carbocycles. The molecule has 5 nitrogen and oxygen atoms in total. The van der Waals surface area contributed by atoms with E-state index in [1.165, 1.54) is 12.3 Å². The van der Waals surface area contributed by atoms with Crippen LogP contribution in [0.25, 0.3) is 0 Å². The van der Waals surface area contributed by atoms with Crippen LogP contribution in [-0.4, -0.2) is 25.0 Å². The van der Waals surface area contributed by atoms with Crippen LogP contribution in [0.5, 0.6) is 11.6 Å². The highest BCUT2D eigenvalue weighted by Crippen LogP contribution is 2.28. The summed E-state index contributed by atoms with van der Waals surface area (Å²) in [6.45, 7) is 2.55. The minimum atomic E-state index is -0.464. The quantitative estimate of drug-likeness (QED) is 0.640. The molecule has 0 saturated carbocycles. The second-order valence-electron chi connectivity index (χ2n) is 4.62. The van der Waals surface area contributed by atoms with Gasteiger partial charge in [-0.2, -0.15) is 0 Å². The first kappa shape index (κ1) is 14.9. The van der Waals surface area contributed by atoms with Crippen molar-refractivity contribution in [1.82, 2.24) is 4.98 Å². The normalized spacial score (nSPS) is 12.5. The highest BCUT2D eigenvalue weighted by atomic mass is 35.5. The molecule has 7 heteroatoms. The number of hydrogen-bond donors (Lipinski definition) is 0. The van der Waals surface area contributed by atoms with Gasteiger partial charge in [-0.25, -0.2) is 9.78 Å². The molecule has 3 rings (SSSR count). The number of pyridine rings is 1. The predicted octanol–water partition coefficient (Wildman–Crippen LogP) is 2.48. The maximum Gasteiger partial charge on any atom is 0.339 e. The third-order valence-electron chi connectivity index (χ3n) is 3.10. The summed E-state index contributed by atoms with van der Waals surface area (Å²) in [6.07, 6.45) is 1.38. The molecule has 111 valence electrons. The molecule has 1 aromatic carbocycles. The van der Waals surface area contributed by atoms with E-state index in [0.29, 0.717) is 19.0 Å². The average molecular weight is 317 g/mol. The Labute approximate surface area is 133 Å². The highest BCUT2D eigenvalue weighted by Gasteiger charge is 2.16. The van der Waals surface area contributed by atoms with Crippen molar-refractivity contribution >= 4 is 30.5 Å². The molecule has 1 radical (unpaired) electrons. The zero-order valence-corrected chi connectivity index (χ0v) is 12.6. The molecular weight excluding hydrogens is 304 g/mol. The number of hydrogen-bond acceptors (Lipinski definition) is 5. The molecule has 0 atom stereocenters. The van der Waals surface area contributed by atoms with Crippen molar-refractivity contribution in [2.45, 2.75) is 13.5 Å². The molecule has 2 aromatic rings. The third kappa shape index (κ3) is 3.08. The number of carbonyl (C=O) groups excluding carboxylic acids is 1. The minimum Gasteiger partial charge on any atom is -0.462 e. The molecule has 1 aliphatic heterocycles. The van der Waals surface area contributed by atoms with E-state index < -0.39 is 5.97 Å². The van der Waals surface area contributed by atoms with Gasteiger partial charge in [-0.05, 0) is 36.1 Å². The van der Waals surface area contributed by atoms with Crippen molar-refractivity contribution in [3.8, 4) is 11.6 Å². The molecule has 1 aromatic heterocycles. The zero-order chi connectivity index (χ0) is 15.5. The van der Waals surface area contributed by atoms with Gasteiger partial charge < -0.3 is 14.1 Å². The largest absolute Gasteiger partial charge is 0.462 e. The molecule has 0 amide bonds. The van der Waals surface area contributed by atoms with E-state index in [1.807, 2.05) is 12.1 Å². The smallest absolute Gasteiger partial charge is 0.339 e. The molecule has 0 unspecified atom stereocenters. The van der Waals surface area contributed by atoms with Gasteiger partial charge in [0.1, 0.15) is 10.8 Å². The molecule has 0 N–H and O–H groups in total. The van der Waals surface area contributed by atoms with Crippen molar-refractivity contribution in [1.29, 1.82) is 0 Å². The standard InChI is InChI=1S/C15H12BClNO4/c1-2-20-15(19)9-6-13(17)14(18-7-9)22-11-3-4-12-10(5-11)8-21-16-12/h3-7H,2,8H2,1H3. The van der Waals surface area contributed by atoms with E-state index in [-0.39, 0.29) is 16.5 Å². The maximum atomic E-state index is 11.6. The van der Waals surface area contributed by atoms with Crippen LogP contribution in [0.15, 0.2) is 30.5 Å². The lowest BCUT2D eigenvalue weighted by molar-refractivity contribution is 0.0526. The fourth-order valence-electron chi connectivity index (χ4n) is 2.04. The van der Waals surface area contributed by atoms with Crippen molar-refractivity contribution in [2.24, 2.45) is 0 Å². The Balaban J connectivity index is 1.79. The Hall–Kier alpha value is -2.05. The Morgan fingerprint density at radius 3 is 3.09 bits per heavy atom. The minimum absolute atomic E-state index is 0.234. The summed E-state index contributed by atoms with van der Waals surface area (Å²) >= 11 is 6.11. The monoisotopic (exact) mass is 316 g/mol. The van der Waals surface area contributed by atoms with Gasteiger partial charge in [-0.3, -0.25) is 0 Å². The fraction of sp³-hybridized carbons (Fsp3) is 0.200. The van der Waals surface area contributed by atoms with Gasteiger partial charge in [-0.15, -0.1) is 0 Å². The SMILES string of the molecule is CCOC(=O)c1cnc(Oc2ccc3c(c2)CO[B]3)c(Cl)c1. The molecule has 2 heterocycles. The average Bonchev–Trinajstić information content (AvgIpc) is 2.97. The van der Waals surface area contributed by atoms with E-state index in [0.717, 1.165) is 11.0 Å². The Morgan fingerprint density at radius 2 is 2.32 bits per heavy atom. The highest BCUT2D eigenvalue weighted by molar-refractivity contribution is 6.48. The number of halogens is 1. The van der Waals surface area contributed by atoms with E-state index in [2.05, 4.69) is 4.98 Å². The van der Waals surface area contributed by atoms with Gasteiger partial charge in [0.05, 0.1) is 18.8 Å². The molecule has 1 aliphatic rings. The molecular formula is C15H12BClNO4. The summed E-state index contributed by atoms with van der Waals surface area (Å²) in [7, 11) is 1.71. The summed E-state index contributed by atoms with van der Waals surface area (Å²) in [5.74, 6) is 0.377. The first-order valence-electron chi connectivity index (χ1n) is 6.75. The Kier molecular flexibility index (Phi) is 4.31. The van der Waals surface area contributed by atoms with E-state index in [1.54, 1.807) is 20.5 Å². The summed E-state index contributed by atoms with van der Waals surface area (Å²) in [5, 5.41) is 0.244. The third-order valence-corrected chi connectivity index (χ3v) is 3.37. The summed E-state index contributed by atoms with van der Waals surface area (Å²) in [5.41, 5.74) is 2.36. The summed E-state index contributed by atoms with van der Waals surface area (Å²) < 4.78 is 15.8. The number of nitrogens with zero attached hydrogens (tertiary/aromatic N) is 1. The maximum absolute atomic E-state index is 11.6. The number of fused-ring (bicyclic) bond motifs is 1. The van der Waals surface area contributed by atoms with Gasteiger partial charge in [0.15, 0.2) is 0 Å². The van der Waals surface area contributed by atoms with Gasteiger partial charge in [0.25, 0.3) is 0 Å². The summed E-state index contributed by atoms with van der Waals surface area (Å²) in [6, 6.07) is 7.06. The lowest BCUT2D eigenvalue weighted by Crippen LogP contribution is -2.10. The van der Waals surface area contributed by atoms with Gasteiger partial charge >= 0.3 is 13.5 Å². The van der Waals surface area contributed by atoms with Gasteiger partial charge in [0.2, 0.25) is 5.88 Å². The van der Waals surface area contributed by atoms with E-state index in [4.69, 9.17) is 25.7 Å². The second kappa shape index (κ2) is 6.38. The van der Waals surface area contributed by atoms with Crippen LogP contribution in [0, 0.1) is 0 Å². The van der Waals surface area contributed by atoms with Crippen LogP contribution < -0.4 is 10.2 Å². The van der Waals surface area contributed by atoms with Crippen LogP contribution in [0.1, 0.15) is 22.8 Å². The Bertz CT molecular complexity index is 723. The van der Waals surface area contributed by atoms with Crippen LogP contribution in [0.4, 0.5) is 0 Å². The fourth-order valence-corrected chi connectivity index (χ4v) is 2.25. The number of benzene rings is 1. The second-order valence-corrected chi connectivity index (χ2v) is 5.03. The van der Waals surface area contributed by atoms with E-state index >= 15 is 0 Å². The van der Waals surface area contributed by atoms with Crippen LogP contribution in [-0.2, 0) is 16.0 Å². The zero-order valence-electron chi connectivity index (χ0n) is 11.8. The van der Waals surface area contributed by atoms with Crippen molar-refractivity contribution < 1.29 is 18.9 Å². The molecule has 0 fully saturated rings. The number of ether oxygens (including phenoxy) is 2. The first-order valence-corrected chi connectivity index (χ1v) is 7.13. The van der Waals surface area contributed by atoms with Crippen LogP contribution in [0.3, 0.4) is 0 Å². The number of rotatable bonds is 4. The lowest BCUT2D eigenvalue weighted by atomic mass is 9.87. The van der Waals surface area contributed by atoms with Crippen LogP contribution in [0.2, 0.25) is 5.02 Å². The van der Waals surface area contributed by atoms with Crippen molar-refractivity contribution in [3.63, 3.8) is 0 Å². The van der Waals surface area contributed by atoms with Crippen LogP contribution >= 0.6 is 11.6 Å². The predicted molar refractivity (Wildman–Crippen MR) is 81.9 cm³/mol. The Morgan fingerprint density at radius 1 is 1.45 bits per heavy atom. The number of aromatic nitrogens is 1. The van der Waals surface area contributed by atoms with Gasteiger partial charge in [-0.1, -0.05) is 17.7 Å². The number of carbonyl (C=O) groups is 1. The van der Waals surface area contributed by atoms with Crippen molar-refractivity contribution in [3.05, 3.63) is 46.6 Å². The molecule has 22 heavy (non-hydrogen) atoms. The van der Waals surface area contributed by atoms with Crippen molar-refractivity contribution in [2.75, 3.05) is 6.61 Å². The van der Waals surface area contributed by atoms with E-state index in [9.17, 15) is 4.79 Å². The molecule has 0 spiro atoms. The molecule has 0 bridgehead atoms. The van der Waals surface area contributed by atoms with Gasteiger partial charge in [0, 0.05) is 6.20 Å². The summed E-state index contributed by atoms with van der Waals surface area (Å²) in [4.78, 5) is 15.7.